The molecule has 1 unspecified atom stereocenters. The molecule has 2 heteroatoms. The number of rotatable bonds is 4. The zero-order valence-corrected chi connectivity index (χ0v) is 13.2. The molecule has 0 saturated carbocycles. The summed E-state index contributed by atoms with van der Waals surface area (Å²) in [6.45, 7) is 4.31. The normalized spacial score (nSPS) is 12.2. The van der Waals surface area contributed by atoms with Gasteiger partial charge in [-0.2, -0.15) is 0 Å². The largest absolute Gasteiger partial charge is 0.497 e. The van der Waals surface area contributed by atoms with E-state index in [1.807, 2.05) is 12.1 Å². The smallest absolute Gasteiger partial charge is 0.118 e. The van der Waals surface area contributed by atoms with Gasteiger partial charge in [-0.1, -0.05) is 51.8 Å². The summed E-state index contributed by atoms with van der Waals surface area (Å²) >= 11 is 3.79. The highest BCUT2D eigenvalue weighted by molar-refractivity contribution is 9.09. The third-order valence-corrected chi connectivity index (χ3v) is 4.23. The Morgan fingerprint density at radius 1 is 1.05 bits per heavy atom. The fourth-order valence-electron chi connectivity index (χ4n) is 2.14. The third kappa shape index (κ3) is 3.60. The molecule has 19 heavy (non-hydrogen) atoms. The van der Waals surface area contributed by atoms with Crippen molar-refractivity contribution >= 4 is 15.9 Å². The Bertz CT molecular complexity index is 546. The lowest BCUT2D eigenvalue weighted by Crippen LogP contribution is -1.98. The van der Waals surface area contributed by atoms with Crippen molar-refractivity contribution in [2.24, 2.45) is 0 Å². The molecule has 0 bridgehead atoms. The van der Waals surface area contributed by atoms with Gasteiger partial charge in [0.05, 0.1) is 7.11 Å². The highest BCUT2D eigenvalue weighted by Gasteiger charge is 2.10. The molecular formula is C17H19BrO. The van der Waals surface area contributed by atoms with Crippen LogP contribution in [0.15, 0.2) is 42.5 Å². The van der Waals surface area contributed by atoms with E-state index >= 15 is 0 Å². The summed E-state index contributed by atoms with van der Waals surface area (Å²) in [5.41, 5.74) is 5.35. The standard InChI is InChI=1S/C17H19BrO/c1-12-4-5-13(2)15(10-12)11-17(18)14-6-8-16(19-3)9-7-14/h4-10,17H,11H2,1-3H3. The van der Waals surface area contributed by atoms with Gasteiger partial charge in [-0.3, -0.25) is 0 Å². The van der Waals surface area contributed by atoms with E-state index in [1.165, 1.54) is 22.3 Å². The predicted octanol–water partition coefficient (Wildman–Crippen LogP) is 4.99. The van der Waals surface area contributed by atoms with Gasteiger partial charge in [0.2, 0.25) is 0 Å². The van der Waals surface area contributed by atoms with Gasteiger partial charge in [-0.25, -0.2) is 0 Å². The minimum atomic E-state index is 0.332. The van der Waals surface area contributed by atoms with Gasteiger partial charge in [-0.05, 0) is 49.1 Å². The van der Waals surface area contributed by atoms with Crippen LogP contribution in [-0.4, -0.2) is 7.11 Å². The van der Waals surface area contributed by atoms with Crippen LogP contribution in [0.4, 0.5) is 0 Å². The Balaban J connectivity index is 2.15. The molecule has 0 aromatic heterocycles. The molecule has 1 atom stereocenters. The average Bonchev–Trinajstić information content (AvgIpc) is 2.43. The molecule has 0 radical (unpaired) electrons. The van der Waals surface area contributed by atoms with E-state index in [-0.39, 0.29) is 0 Å². The number of benzene rings is 2. The average molecular weight is 319 g/mol. The second-order valence-electron chi connectivity index (χ2n) is 4.87. The summed E-state index contributed by atoms with van der Waals surface area (Å²) in [4.78, 5) is 0.332. The van der Waals surface area contributed by atoms with Gasteiger partial charge < -0.3 is 4.74 Å². The minimum Gasteiger partial charge on any atom is -0.497 e. The van der Waals surface area contributed by atoms with Gasteiger partial charge in [-0.15, -0.1) is 0 Å². The second-order valence-corrected chi connectivity index (χ2v) is 5.98. The van der Waals surface area contributed by atoms with Crippen LogP contribution in [0.25, 0.3) is 0 Å². The first-order valence-electron chi connectivity index (χ1n) is 6.44. The van der Waals surface area contributed by atoms with E-state index in [2.05, 4.69) is 60.1 Å². The molecule has 2 rings (SSSR count). The van der Waals surface area contributed by atoms with Gasteiger partial charge >= 0.3 is 0 Å². The van der Waals surface area contributed by atoms with Crippen LogP contribution in [0.5, 0.6) is 5.75 Å². The Kier molecular flexibility index (Phi) is 4.65. The second kappa shape index (κ2) is 6.25. The summed E-state index contributed by atoms with van der Waals surface area (Å²) in [5.74, 6) is 0.898. The summed E-state index contributed by atoms with van der Waals surface area (Å²) in [7, 11) is 1.69. The topological polar surface area (TPSA) is 9.23 Å². The van der Waals surface area contributed by atoms with Gasteiger partial charge in [0, 0.05) is 4.83 Å². The molecule has 0 amide bonds. The maximum absolute atomic E-state index is 5.19. The van der Waals surface area contributed by atoms with Crippen molar-refractivity contribution in [3.05, 3.63) is 64.7 Å². The number of hydrogen-bond acceptors (Lipinski definition) is 1. The minimum absolute atomic E-state index is 0.332. The first-order valence-corrected chi connectivity index (χ1v) is 7.36. The number of hydrogen-bond donors (Lipinski definition) is 0. The molecule has 0 aliphatic heterocycles. The van der Waals surface area contributed by atoms with Crippen LogP contribution in [0.3, 0.4) is 0 Å². The lowest BCUT2D eigenvalue weighted by Gasteiger charge is -2.13. The van der Waals surface area contributed by atoms with Crippen molar-refractivity contribution in [2.75, 3.05) is 7.11 Å². The van der Waals surface area contributed by atoms with E-state index < -0.39 is 0 Å². The zero-order valence-electron chi connectivity index (χ0n) is 11.6. The number of aryl methyl sites for hydroxylation is 2. The first-order chi connectivity index (χ1) is 9.10. The van der Waals surface area contributed by atoms with Crippen molar-refractivity contribution in [1.82, 2.24) is 0 Å². The fourth-order valence-corrected chi connectivity index (χ4v) is 2.80. The summed E-state index contributed by atoms with van der Waals surface area (Å²) in [5, 5.41) is 0. The predicted molar refractivity (Wildman–Crippen MR) is 84.3 cm³/mol. The van der Waals surface area contributed by atoms with E-state index in [4.69, 9.17) is 4.74 Å². The molecule has 2 aromatic rings. The van der Waals surface area contributed by atoms with Gasteiger partial charge in [0.25, 0.3) is 0 Å². The van der Waals surface area contributed by atoms with Crippen LogP contribution >= 0.6 is 15.9 Å². The fraction of sp³-hybridized carbons (Fsp3) is 0.294. The molecule has 100 valence electrons. The lowest BCUT2D eigenvalue weighted by molar-refractivity contribution is 0.414. The van der Waals surface area contributed by atoms with Gasteiger partial charge in [0.15, 0.2) is 0 Å². The molecule has 0 heterocycles. The zero-order chi connectivity index (χ0) is 13.8. The van der Waals surface area contributed by atoms with Crippen molar-refractivity contribution in [1.29, 1.82) is 0 Å². The summed E-state index contributed by atoms with van der Waals surface area (Å²) in [6, 6.07) is 14.9. The maximum atomic E-state index is 5.19. The monoisotopic (exact) mass is 318 g/mol. The lowest BCUT2D eigenvalue weighted by atomic mass is 9.98. The highest BCUT2D eigenvalue weighted by Crippen LogP contribution is 2.29. The van der Waals surface area contributed by atoms with E-state index in [1.54, 1.807) is 7.11 Å². The molecule has 0 aliphatic rings. The molecule has 0 N–H and O–H groups in total. The van der Waals surface area contributed by atoms with Crippen LogP contribution in [0, 0.1) is 13.8 Å². The Labute approximate surface area is 123 Å². The molecule has 2 aromatic carbocycles. The molecule has 0 saturated heterocycles. The summed E-state index contributed by atoms with van der Waals surface area (Å²) < 4.78 is 5.19. The van der Waals surface area contributed by atoms with Crippen molar-refractivity contribution < 1.29 is 4.74 Å². The van der Waals surface area contributed by atoms with Crippen molar-refractivity contribution in [3.8, 4) is 5.75 Å². The van der Waals surface area contributed by atoms with E-state index in [9.17, 15) is 0 Å². The molecule has 0 aliphatic carbocycles. The Morgan fingerprint density at radius 3 is 2.37 bits per heavy atom. The SMILES string of the molecule is COc1ccc(C(Br)Cc2cc(C)ccc2C)cc1. The molecular weight excluding hydrogens is 300 g/mol. The van der Waals surface area contributed by atoms with Crippen molar-refractivity contribution in [2.45, 2.75) is 25.1 Å². The highest BCUT2D eigenvalue weighted by atomic mass is 79.9. The number of alkyl halides is 1. The molecule has 1 nitrogen and oxygen atoms in total. The first kappa shape index (κ1) is 14.1. The van der Waals surface area contributed by atoms with Crippen LogP contribution < -0.4 is 4.74 Å². The number of methoxy groups -OCH3 is 1. The van der Waals surface area contributed by atoms with E-state index in [0.29, 0.717) is 4.83 Å². The van der Waals surface area contributed by atoms with Crippen LogP contribution in [-0.2, 0) is 6.42 Å². The number of ether oxygens (including phenoxy) is 1. The Hall–Kier alpha value is -1.28. The third-order valence-electron chi connectivity index (χ3n) is 3.38. The summed E-state index contributed by atoms with van der Waals surface area (Å²) in [6.07, 6.45) is 1.000. The van der Waals surface area contributed by atoms with Crippen molar-refractivity contribution in [3.63, 3.8) is 0 Å². The van der Waals surface area contributed by atoms with Crippen LogP contribution in [0.2, 0.25) is 0 Å². The van der Waals surface area contributed by atoms with Crippen LogP contribution in [0.1, 0.15) is 27.1 Å². The number of halogens is 1. The van der Waals surface area contributed by atoms with Gasteiger partial charge in [0.1, 0.15) is 5.75 Å². The quantitative estimate of drug-likeness (QED) is 0.721. The maximum Gasteiger partial charge on any atom is 0.118 e. The molecule has 0 fully saturated rings. The van der Waals surface area contributed by atoms with E-state index in [0.717, 1.165) is 12.2 Å². The Morgan fingerprint density at radius 2 is 1.74 bits per heavy atom. The molecule has 0 spiro atoms.